The van der Waals surface area contributed by atoms with E-state index in [1.807, 2.05) is 6.07 Å². The molecule has 7 nitrogen and oxygen atoms in total. The van der Waals surface area contributed by atoms with Gasteiger partial charge in [-0.05, 0) is 24.3 Å². The molecule has 0 N–H and O–H groups in total. The smallest absolute Gasteiger partial charge is 0.342 e. The molecule has 0 aliphatic heterocycles. The van der Waals surface area contributed by atoms with Gasteiger partial charge in [-0.2, -0.15) is 5.26 Å². The van der Waals surface area contributed by atoms with E-state index in [0.29, 0.717) is 11.3 Å². The first kappa shape index (κ1) is 16.2. The lowest BCUT2D eigenvalue weighted by Gasteiger charge is -2.23. The minimum absolute atomic E-state index is 0.132. The number of fused-ring (bicyclic) bond motifs is 1. The lowest BCUT2D eigenvalue weighted by atomic mass is 10.1. The summed E-state index contributed by atoms with van der Waals surface area (Å²) in [6.45, 7) is 0. The van der Waals surface area contributed by atoms with Gasteiger partial charge < -0.3 is 9.64 Å². The fraction of sp³-hybridized carbons (Fsp3) is 0.111. The second-order valence-corrected chi connectivity index (χ2v) is 5.21. The molecule has 0 radical (unpaired) electrons. The molecule has 0 amide bonds. The Morgan fingerprint density at radius 1 is 1.28 bits per heavy atom. The fourth-order valence-electron chi connectivity index (χ4n) is 2.70. The number of esters is 1. The van der Waals surface area contributed by atoms with E-state index in [1.165, 1.54) is 17.7 Å². The molecule has 124 valence electrons. The average Bonchev–Trinajstić information content (AvgIpc) is 2.67. The van der Waals surface area contributed by atoms with Crippen molar-refractivity contribution in [2.45, 2.75) is 0 Å². The SMILES string of the molecule is COC(=O)c1c(N(C)c2ccccn2)c(C#N)c(=O)n2ccccc12. The Hall–Kier alpha value is -3.66. The van der Waals surface area contributed by atoms with Crippen LogP contribution in [0.15, 0.2) is 53.6 Å². The molecule has 7 heteroatoms. The van der Waals surface area contributed by atoms with Gasteiger partial charge in [0.2, 0.25) is 0 Å². The van der Waals surface area contributed by atoms with Crippen LogP contribution < -0.4 is 10.5 Å². The molecular weight excluding hydrogens is 320 g/mol. The Balaban J connectivity index is 2.46. The summed E-state index contributed by atoms with van der Waals surface area (Å²) in [5, 5.41) is 9.57. The lowest BCUT2D eigenvalue weighted by molar-refractivity contribution is 0.0603. The molecule has 0 unspecified atom stereocenters. The molecule has 3 rings (SSSR count). The number of pyridine rings is 3. The van der Waals surface area contributed by atoms with Crippen molar-refractivity contribution in [3.8, 4) is 6.07 Å². The Kier molecular flexibility index (Phi) is 4.18. The van der Waals surface area contributed by atoms with Crippen LogP contribution >= 0.6 is 0 Å². The number of anilines is 2. The molecular formula is C18H14N4O3. The number of ether oxygens (including phenoxy) is 1. The number of rotatable bonds is 3. The van der Waals surface area contributed by atoms with E-state index in [9.17, 15) is 14.9 Å². The van der Waals surface area contributed by atoms with Gasteiger partial charge in [-0.25, -0.2) is 9.78 Å². The van der Waals surface area contributed by atoms with Crippen molar-refractivity contribution in [1.29, 1.82) is 5.26 Å². The standard InChI is InChI=1S/C18H14N4O3/c1-21(14-8-3-5-9-20-14)16-12(11-19)17(23)22-10-6-4-7-13(22)15(16)18(24)25-2/h3-10H,1-2H3. The Labute approximate surface area is 143 Å². The number of aromatic nitrogens is 2. The zero-order chi connectivity index (χ0) is 18.0. The van der Waals surface area contributed by atoms with Gasteiger partial charge in [-0.15, -0.1) is 0 Å². The number of carbonyl (C=O) groups excluding carboxylic acids is 1. The van der Waals surface area contributed by atoms with E-state index in [0.717, 1.165) is 0 Å². The van der Waals surface area contributed by atoms with Crippen molar-refractivity contribution in [2.75, 3.05) is 19.1 Å². The van der Waals surface area contributed by atoms with Gasteiger partial charge in [-0.3, -0.25) is 9.20 Å². The van der Waals surface area contributed by atoms with E-state index in [-0.39, 0.29) is 16.8 Å². The van der Waals surface area contributed by atoms with Gasteiger partial charge >= 0.3 is 5.97 Å². The monoisotopic (exact) mass is 334 g/mol. The molecule has 0 saturated carbocycles. The Bertz CT molecular complexity index is 1050. The van der Waals surface area contributed by atoms with Crippen molar-refractivity contribution in [1.82, 2.24) is 9.38 Å². The maximum atomic E-state index is 12.7. The molecule has 0 spiro atoms. The first-order valence-electron chi connectivity index (χ1n) is 7.40. The molecule has 25 heavy (non-hydrogen) atoms. The predicted octanol–water partition coefficient (Wildman–Crippen LogP) is 2.12. The van der Waals surface area contributed by atoms with E-state index in [2.05, 4.69) is 4.98 Å². The van der Waals surface area contributed by atoms with Crippen LogP contribution in [0.25, 0.3) is 5.52 Å². The number of hydrogen-bond donors (Lipinski definition) is 0. The summed E-state index contributed by atoms with van der Waals surface area (Å²) < 4.78 is 6.16. The van der Waals surface area contributed by atoms with E-state index >= 15 is 0 Å². The largest absolute Gasteiger partial charge is 0.465 e. The number of hydrogen-bond acceptors (Lipinski definition) is 6. The van der Waals surface area contributed by atoms with E-state index < -0.39 is 11.5 Å². The highest BCUT2D eigenvalue weighted by Gasteiger charge is 2.26. The van der Waals surface area contributed by atoms with Crippen molar-refractivity contribution in [3.05, 3.63) is 70.3 Å². The molecule has 0 aliphatic rings. The van der Waals surface area contributed by atoms with Crippen LogP contribution in [-0.2, 0) is 4.74 Å². The number of methoxy groups -OCH3 is 1. The summed E-state index contributed by atoms with van der Waals surface area (Å²) >= 11 is 0. The third kappa shape index (κ3) is 2.60. The first-order valence-corrected chi connectivity index (χ1v) is 7.40. The molecule has 3 aromatic rings. The van der Waals surface area contributed by atoms with Gasteiger partial charge in [-0.1, -0.05) is 12.1 Å². The van der Waals surface area contributed by atoms with Crippen LogP contribution in [0, 0.1) is 11.3 Å². The summed E-state index contributed by atoms with van der Waals surface area (Å²) in [4.78, 5) is 31.0. The molecule has 3 aromatic heterocycles. The summed E-state index contributed by atoms with van der Waals surface area (Å²) in [7, 11) is 2.90. The van der Waals surface area contributed by atoms with Gasteiger partial charge in [0.1, 0.15) is 23.0 Å². The molecule has 0 aromatic carbocycles. The van der Waals surface area contributed by atoms with Crippen LogP contribution in [0.1, 0.15) is 15.9 Å². The van der Waals surface area contributed by atoms with E-state index in [1.54, 1.807) is 54.5 Å². The molecule has 0 atom stereocenters. The number of nitriles is 1. The molecule has 0 bridgehead atoms. The van der Waals surface area contributed by atoms with Gasteiger partial charge in [0.05, 0.1) is 18.3 Å². The summed E-state index contributed by atoms with van der Waals surface area (Å²) in [6.07, 6.45) is 3.10. The van der Waals surface area contributed by atoms with Crippen LogP contribution in [-0.4, -0.2) is 29.5 Å². The van der Waals surface area contributed by atoms with Crippen molar-refractivity contribution in [3.63, 3.8) is 0 Å². The van der Waals surface area contributed by atoms with Crippen LogP contribution in [0.4, 0.5) is 11.5 Å². The predicted molar refractivity (Wildman–Crippen MR) is 92.0 cm³/mol. The summed E-state index contributed by atoms with van der Waals surface area (Å²) in [6, 6.07) is 12.1. The highest BCUT2D eigenvalue weighted by Crippen LogP contribution is 2.31. The Morgan fingerprint density at radius 2 is 2.04 bits per heavy atom. The zero-order valence-electron chi connectivity index (χ0n) is 13.6. The second kappa shape index (κ2) is 6.45. The minimum atomic E-state index is -0.641. The summed E-state index contributed by atoms with van der Waals surface area (Å²) in [5.74, 6) is -0.151. The number of nitrogens with zero attached hydrogens (tertiary/aromatic N) is 4. The number of carbonyl (C=O) groups is 1. The van der Waals surface area contributed by atoms with Crippen molar-refractivity contribution < 1.29 is 9.53 Å². The highest BCUT2D eigenvalue weighted by atomic mass is 16.5. The second-order valence-electron chi connectivity index (χ2n) is 5.21. The third-order valence-corrected chi connectivity index (χ3v) is 3.85. The van der Waals surface area contributed by atoms with Crippen molar-refractivity contribution >= 4 is 23.0 Å². The first-order chi connectivity index (χ1) is 12.1. The normalized spacial score (nSPS) is 10.3. The average molecular weight is 334 g/mol. The van der Waals surface area contributed by atoms with E-state index in [4.69, 9.17) is 4.74 Å². The fourth-order valence-corrected chi connectivity index (χ4v) is 2.70. The van der Waals surface area contributed by atoms with Gasteiger partial charge in [0, 0.05) is 19.4 Å². The summed E-state index contributed by atoms with van der Waals surface area (Å²) in [5.41, 5.74) is -0.00595. The van der Waals surface area contributed by atoms with Gasteiger partial charge in [0.25, 0.3) is 5.56 Å². The molecule has 3 heterocycles. The zero-order valence-corrected chi connectivity index (χ0v) is 13.6. The van der Waals surface area contributed by atoms with Crippen molar-refractivity contribution in [2.24, 2.45) is 0 Å². The molecule has 0 saturated heterocycles. The molecule has 0 fully saturated rings. The topological polar surface area (TPSA) is 87.7 Å². The highest BCUT2D eigenvalue weighted by molar-refractivity contribution is 6.04. The maximum absolute atomic E-state index is 12.7. The third-order valence-electron chi connectivity index (χ3n) is 3.85. The van der Waals surface area contributed by atoms with Gasteiger partial charge in [0.15, 0.2) is 0 Å². The van der Waals surface area contributed by atoms with Crippen LogP contribution in [0.2, 0.25) is 0 Å². The van der Waals surface area contributed by atoms with Crippen LogP contribution in [0.3, 0.4) is 0 Å². The molecule has 0 aliphatic carbocycles. The minimum Gasteiger partial charge on any atom is -0.465 e. The lowest BCUT2D eigenvalue weighted by Crippen LogP contribution is -2.26. The Morgan fingerprint density at radius 3 is 2.68 bits per heavy atom. The maximum Gasteiger partial charge on any atom is 0.342 e. The quantitative estimate of drug-likeness (QED) is 0.682. The van der Waals surface area contributed by atoms with Crippen LogP contribution in [0.5, 0.6) is 0 Å².